The summed E-state index contributed by atoms with van der Waals surface area (Å²) < 4.78 is 14.9. The molecule has 7 nitrogen and oxygen atoms in total. The number of aryl methyl sites for hydroxylation is 1. The van der Waals surface area contributed by atoms with Gasteiger partial charge in [0.05, 0.1) is 29.8 Å². The van der Waals surface area contributed by atoms with Crippen molar-refractivity contribution >= 4 is 23.1 Å². The van der Waals surface area contributed by atoms with E-state index in [-0.39, 0.29) is 11.7 Å². The molecular weight excluding hydrogens is 395 g/mol. The van der Waals surface area contributed by atoms with E-state index in [1.165, 1.54) is 12.1 Å². The predicted octanol–water partition coefficient (Wildman–Crippen LogP) is 3.70. The van der Waals surface area contributed by atoms with Crippen molar-refractivity contribution in [2.75, 3.05) is 22.1 Å². The minimum Gasteiger partial charge on any atom is -0.366 e. The van der Waals surface area contributed by atoms with Gasteiger partial charge in [-0.05, 0) is 44.4 Å². The number of pyridine rings is 1. The number of rotatable bonds is 5. The van der Waals surface area contributed by atoms with E-state index in [0.717, 1.165) is 53.4 Å². The lowest BCUT2D eigenvalue weighted by Gasteiger charge is -2.41. The summed E-state index contributed by atoms with van der Waals surface area (Å²) in [5.74, 6) is 0.584. The second-order valence-electron chi connectivity index (χ2n) is 8.50. The van der Waals surface area contributed by atoms with Crippen molar-refractivity contribution in [3.05, 3.63) is 65.4 Å². The second kappa shape index (κ2) is 7.37. The van der Waals surface area contributed by atoms with Crippen LogP contribution in [0.25, 0.3) is 0 Å². The van der Waals surface area contributed by atoms with Gasteiger partial charge in [0.2, 0.25) is 5.91 Å². The van der Waals surface area contributed by atoms with E-state index in [1.807, 2.05) is 37.0 Å². The second-order valence-corrected chi connectivity index (χ2v) is 8.50. The SMILES string of the molecule is Cc1nc(NCc2cnn(Cc3ccc(F)cc3)c2)cc2c1NC(=O)[C@@]1(C)CCCN21. The average molecular weight is 420 g/mol. The lowest BCUT2D eigenvalue weighted by molar-refractivity contribution is -0.120. The first kappa shape index (κ1) is 19.5. The Morgan fingerprint density at radius 1 is 1.26 bits per heavy atom. The summed E-state index contributed by atoms with van der Waals surface area (Å²) >= 11 is 0. The van der Waals surface area contributed by atoms with Crippen molar-refractivity contribution in [3.8, 4) is 0 Å². The fourth-order valence-electron chi connectivity index (χ4n) is 4.50. The van der Waals surface area contributed by atoms with Crippen molar-refractivity contribution in [3.63, 3.8) is 0 Å². The lowest BCUT2D eigenvalue weighted by Crippen LogP contribution is -2.54. The van der Waals surface area contributed by atoms with Crippen LogP contribution in [0.1, 0.15) is 36.6 Å². The Labute approximate surface area is 180 Å². The van der Waals surface area contributed by atoms with Gasteiger partial charge in [0.1, 0.15) is 17.2 Å². The summed E-state index contributed by atoms with van der Waals surface area (Å²) in [5.41, 5.74) is 4.17. The molecule has 1 aromatic carbocycles. The molecule has 0 aliphatic carbocycles. The van der Waals surface area contributed by atoms with Gasteiger partial charge in [-0.25, -0.2) is 9.37 Å². The molecule has 8 heteroatoms. The molecular formula is C23H25FN6O. The van der Waals surface area contributed by atoms with Gasteiger partial charge in [-0.3, -0.25) is 9.48 Å². The molecule has 1 fully saturated rings. The van der Waals surface area contributed by atoms with E-state index >= 15 is 0 Å². The van der Waals surface area contributed by atoms with Crippen LogP contribution >= 0.6 is 0 Å². The maximum absolute atomic E-state index is 13.1. The van der Waals surface area contributed by atoms with Crippen LogP contribution in [0.2, 0.25) is 0 Å². The Balaban J connectivity index is 1.31. The number of anilines is 3. The molecule has 0 saturated carbocycles. The standard InChI is InChI=1S/C23H25FN6O/c1-15-21-19(30-9-3-8-23(30,2)22(31)28-21)10-20(27-15)25-11-17-12-26-29(14-17)13-16-4-6-18(24)7-5-16/h4-7,10,12,14H,3,8-9,11,13H2,1-2H3,(H,25,27)(H,28,31)/t23-/m1/s1. The van der Waals surface area contributed by atoms with E-state index in [0.29, 0.717) is 13.1 Å². The number of amides is 1. The van der Waals surface area contributed by atoms with Gasteiger partial charge in [0.25, 0.3) is 0 Å². The molecule has 0 radical (unpaired) electrons. The van der Waals surface area contributed by atoms with Crippen LogP contribution in [-0.4, -0.2) is 32.8 Å². The third kappa shape index (κ3) is 3.52. The van der Waals surface area contributed by atoms with Crippen molar-refractivity contribution < 1.29 is 9.18 Å². The Morgan fingerprint density at radius 2 is 2.06 bits per heavy atom. The van der Waals surface area contributed by atoms with Crippen molar-refractivity contribution in [1.82, 2.24) is 14.8 Å². The molecule has 5 rings (SSSR count). The maximum atomic E-state index is 13.1. The first-order valence-electron chi connectivity index (χ1n) is 10.5. The fourth-order valence-corrected chi connectivity index (χ4v) is 4.50. The number of aromatic nitrogens is 3. The van der Waals surface area contributed by atoms with E-state index in [2.05, 4.69) is 25.6 Å². The minimum atomic E-state index is -0.487. The molecule has 0 bridgehead atoms. The first-order chi connectivity index (χ1) is 14.9. The molecule has 31 heavy (non-hydrogen) atoms. The van der Waals surface area contributed by atoms with Crippen LogP contribution in [-0.2, 0) is 17.9 Å². The molecule has 2 aromatic heterocycles. The van der Waals surface area contributed by atoms with Crippen molar-refractivity contribution in [1.29, 1.82) is 0 Å². The number of carbonyl (C=O) groups excluding carboxylic acids is 1. The molecule has 0 unspecified atom stereocenters. The molecule has 2 aliphatic heterocycles. The Hall–Kier alpha value is -3.42. The summed E-state index contributed by atoms with van der Waals surface area (Å²) in [5, 5.41) is 10.9. The highest BCUT2D eigenvalue weighted by atomic mass is 19.1. The highest BCUT2D eigenvalue weighted by molar-refractivity contribution is 6.07. The molecule has 0 spiro atoms. The van der Waals surface area contributed by atoms with Crippen molar-refractivity contribution in [2.45, 2.75) is 45.3 Å². The van der Waals surface area contributed by atoms with Gasteiger partial charge in [-0.2, -0.15) is 5.10 Å². The van der Waals surface area contributed by atoms with Crippen LogP contribution in [0.4, 0.5) is 21.6 Å². The molecule has 4 heterocycles. The molecule has 160 valence electrons. The number of benzene rings is 1. The van der Waals surface area contributed by atoms with Crippen LogP contribution in [0.5, 0.6) is 0 Å². The van der Waals surface area contributed by atoms with Gasteiger partial charge in [-0.15, -0.1) is 0 Å². The van der Waals surface area contributed by atoms with E-state index in [4.69, 9.17) is 0 Å². The monoisotopic (exact) mass is 420 g/mol. The summed E-state index contributed by atoms with van der Waals surface area (Å²) in [6, 6.07) is 8.46. The Bertz CT molecular complexity index is 1140. The van der Waals surface area contributed by atoms with Crippen LogP contribution in [0.3, 0.4) is 0 Å². The number of hydrogen-bond acceptors (Lipinski definition) is 5. The average Bonchev–Trinajstić information content (AvgIpc) is 3.37. The molecule has 1 atom stereocenters. The van der Waals surface area contributed by atoms with Crippen molar-refractivity contribution in [2.24, 2.45) is 0 Å². The van der Waals surface area contributed by atoms with E-state index < -0.39 is 5.54 Å². The Morgan fingerprint density at radius 3 is 2.87 bits per heavy atom. The third-order valence-corrected chi connectivity index (χ3v) is 6.26. The summed E-state index contributed by atoms with van der Waals surface area (Å²) in [6.45, 7) is 5.97. The molecule has 2 N–H and O–H groups in total. The smallest absolute Gasteiger partial charge is 0.250 e. The predicted molar refractivity (Wildman–Crippen MR) is 118 cm³/mol. The molecule has 3 aromatic rings. The van der Waals surface area contributed by atoms with Gasteiger partial charge in [-0.1, -0.05) is 12.1 Å². The zero-order valence-electron chi connectivity index (χ0n) is 17.7. The maximum Gasteiger partial charge on any atom is 0.250 e. The molecule has 1 amide bonds. The van der Waals surface area contributed by atoms with Gasteiger partial charge in [0, 0.05) is 30.9 Å². The molecule has 1 saturated heterocycles. The summed E-state index contributed by atoms with van der Waals surface area (Å²) in [6.07, 6.45) is 5.65. The highest BCUT2D eigenvalue weighted by Crippen LogP contribution is 2.44. The largest absolute Gasteiger partial charge is 0.366 e. The lowest BCUT2D eigenvalue weighted by atomic mass is 9.94. The number of fused-ring (bicyclic) bond motifs is 3. The van der Waals surface area contributed by atoms with Gasteiger partial charge < -0.3 is 15.5 Å². The van der Waals surface area contributed by atoms with Crippen LogP contribution in [0, 0.1) is 12.7 Å². The zero-order valence-corrected chi connectivity index (χ0v) is 17.7. The van der Waals surface area contributed by atoms with Gasteiger partial charge >= 0.3 is 0 Å². The number of carbonyl (C=O) groups is 1. The number of hydrogen-bond donors (Lipinski definition) is 2. The van der Waals surface area contributed by atoms with Crippen LogP contribution < -0.4 is 15.5 Å². The van der Waals surface area contributed by atoms with E-state index in [1.54, 1.807) is 12.1 Å². The Kier molecular flexibility index (Phi) is 4.64. The molecule has 2 aliphatic rings. The van der Waals surface area contributed by atoms with Crippen LogP contribution in [0.15, 0.2) is 42.7 Å². The highest BCUT2D eigenvalue weighted by Gasteiger charge is 2.47. The zero-order chi connectivity index (χ0) is 21.6. The third-order valence-electron chi connectivity index (χ3n) is 6.26. The topological polar surface area (TPSA) is 75.1 Å². The van der Waals surface area contributed by atoms with Gasteiger partial charge in [0.15, 0.2) is 0 Å². The summed E-state index contributed by atoms with van der Waals surface area (Å²) in [7, 11) is 0. The normalized spacial score (nSPS) is 19.7. The van der Waals surface area contributed by atoms with E-state index in [9.17, 15) is 9.18 Å². The fraction of sp³-hybridized carbons (Fsp3) is 0.348. The number of nitrogens with zero attached hydrogens (tertiary/aromatic N) is 4. The minimum absolute atomic E-state index is 0.0525. The first-order valence-corrected chi connectivity index (χ1v) is 10.5. The quantitative estimate of drug-likeness (QED) is 0.658. The number of nitrogens with one attached hydrogen (secondary N) is 2. The number of halogens is 1. The summed E-state index contributed by atoms with van der Waals surface area (Å²) in [4.78, 5) is 19.5.